The van der Waals surface area contributed by atoms with E-state index in [1.807, 2.05) is 6.92 Å². The highest BCUT2D eigenvalue weighted by molar-refractivity contribution is 7.17. The number of aromatic nitrogens is 3. The van der Waals surface area contributed by atoms with Crippen molar-refractivity contribution in [1.29, 1.82) is 0 Å². The van der Waals surface area contributed by atoms with E-state index in [4.69, 9.17) is 20.9 Å². The summed E-state index contributed by atoms with van der Waals surface area (Å²) in [6, 6.07) is 6.86. The van der Waals surface area contributed by atoms with E-state index in [2.05, 4.69) is 20.4 Å². The fourth-order valence-electron chi connectivity index (χ4n) is 1.87. The van der Waals surface area contributed by atoms with Gasteiger partial charge in [0.1, 0.15) is 0 Å². The van der Waals surface area contributed by atoms with E-state index in [0.717, 1.165) is 0 Å². The van der Waals surface area contributed by atoms with Crippen LogP contribution < -0.4 is 10.1 Å². The highest BCUT2D eigenvalue weighted by Crippen LogP contribution is 2.21. The van der Waals surface area contributed by atoms with Crippen LogP contribution in [0.1, 0.15) is 22.5 Å². The molecule has 0 unspecified atom stereocenters. The van der Waals surface area contributed by atoms with Gasteiger partial charge in [-0.25, -0.2) is 4.98 Å². The molecule has 0 spiro atoms. The maximum absolute atomic E-state index is 11.9. The minimum Gasteiger partial charge on any atom is -0.478 e. The Morgan fingerprint density at radius 1 is 1.38 bits per heavy atom. The zero-order valence-corrected chi connectivity index (χ0v) is 14.2. The summed E-state index contributed by atoms with van der Waals surface area (Å²) in [6.07, 6.45) is 1.60. The standard InChI is InChI=1S/C15H13ClN4O3S/c1-2-22-12-6-3-9(7-17-12)14-19-13(23-20-14)8-18-15(21)10-4-5-11(16)24-10/h3-7H,2,8H2,1H3,(H,18,21). The number of pyridine rings is 1. The molecule has 1 amide bonds. The molecule has 0 atom stereocenters. The van der Waals surface area contributed by atoms with Crippen molar-refractivity contribution in [2.75, 3.05) is 6.61 Å². The third-order valence-electron chi connectivity index (χ3n) is 2.95. The Labute approximate surface area is 146 Å². The number of ether oxygens (including phenoxy) is 1. The second-order valence-corrected chi connectivity index (χ2v) is 6.33. The molecule has 3 aromatic rings. The summed E-state index contributed by atoms with van der Waals surface area (Å²) in [5, 5.41) is 6.58. The van der Waals surface area contributed by atoms with Gasteiger partial charge in [0.2, 0.25) is 17.6 Å². The monoisotopic (exact) mass is 364 g/mol. The van der Waals surface area contributed by atoms with Gasteiger partial charge in [-0.2, -0.15) is 4.98 Å². The fraction of sp³-hybridized carbons (Fsp3) is 0.200. The maximum atomic E-state index is 11.9. The number of hydrogen-bond acceptors (Lipinski definition) is 7. The van der Waals surface area contributed by atoms with Gasteiger partial charge in [-0.1, -0.05) is 16.8 Å². The molecule has 7 nitrogen and oxygen atoms in total. The van der Waals surface area contributed by atoms with Crippen LogP contribution in [0.2, 0.25) is 4.34 Å². The van der Waals surface area contributed by atoms with Gasteiger partial charge in [0.05, 0.1) is 22.4 Å². The summed E-state index contributed by atoms with van der Waals surface area (Å²) in [5.74, 6) is 0.991. The Kier molecular flexibility index (Phi) is 5.07. The number of rotatable bonds is 6. The molecule has 0 aliphatic rings. The first kappa shape index (κ1) is 16.4. The highest BCUT2D eigenvalue weighted by Gasteiger charge is 2.12. The van der Waals surface area contributed by atoms with E-state index >= 15 is 0 Å². The van der Waals surface area contributed by atoms with Gasteiger partial charge in [0.25, 0.3) is 5.91 Å². The Morgan fingerprint density at radius 3 is 2.92 bits per heavy atom. The van der Waals surface area contributed by atoms with E-state index in [-0.39, 0.29) is 12.5 Å². The first-order chi connectivity index (χ1) is 11.7. The Hall–Kier alpha value is -2.45. The van der Waals surface area contributed by atoms with Crippen molar-refractivity contribution in [3.63, 3.8) is 0 Å². The molecule has 3 aromatic heterocycles. The zero-order chi connectivity index (χ0) is 16.9. The molecule has 0 aliphatic heterocycles. The molecular formula is C15H13ClN4O3S. The number of halogens is 1. The van der Waals surface area contributed by atoms with Crippen LogP contribution in [0.25, 0.3) is 11.4 Å². The molecule has 0 saturated carbocycles. The molecule has 0 saturated heterocycles. The van der Waals surface area contributed by atoms with Crippen LogP contribution >= 0.6 is 22.9 Å². The summed E-state index contributed by atoms with van der Waals surface area (Å²) < 4.78 is 11.0. The Morgan fingerprint density at radius 2 is 2.25 bits per heavy atom. The van der Waals surface area contributed by atoms with Crippen molar-refractivity contribution < 1.29 is 14.1 Å². The number of nitrogens with one attached hydrogen (secondary N) is 1. The average Bonchev–Trinajstić information content (AvgIpc) is 3.23. The number of nitrogens with zero attached hydrogens (tertiary/aromatic N) is 3. The van der Waals surface area contributed by atoms with Gasteiger partial charge in [-0.3, -0.25) is 4.79 Å². The van der Waals surface area contributed by atoms with Crippen LogP contribution in [0.15, 0.2) is 35.0 Å². The summed E-state index contributed by atoms with van der Waals surface area (Å²) in [7, 11) is 0. The lowest BCUT2D eigenvalue weighted by molar-refractivity contribution is 0.0950. The van der Waals surface area contributed by atoms with Crippen molar-refractivity contribution in [3.8, 4) is 17.3 Å². The summed E-state index contributed by atoms with van der Waals surface area (Å²) in [5.41, 5.74) is 0.699. The van der Waals surface area contributed by atoms with Crippen molar-refractivity contribution >= 4 is 28.8 Å². The molecule has 0 bridgehead atoms. The van der Waals surface area contributed by atoms with E-state index in [9.17, 15) is 4.79 Å². The lowest BCUT2D eigenvalue weighted by Gasteiger charge is -2.01. The molecule has 0 radical (unpaired) electrons. The summed E-state index contributed by atoms with van der Waals surface area (Å²) in [6.45, 7) is 2.57. The van der Waals surface area contributed by atoms with Crippen LogP contribution in [-0.2, 0) is 6.54 Å². The second kappa shape index (κ2) is 7.41. The van der Waals surface area contributed by atoms with E-state index in [1.165, 1.54) is 11.3 Å². The average molecular weight is 365 g/mol. The molecule has 1 N–H and O–H groups in total. The number of amides is 1. The SMILES string of the molecule is CCOc1ccc(-c2noc(CNC(=O)c3ccc(Cl)s3)n2)cn1. The fourth-order valence-corrected chi connectivity index (χ4v) is 2.83. The molecule has 3 rings (SSSR count). The van der Waals surface area contributed by atoms with Crippen molar-refractivity contribution in [3.05, 3.63) is 45.6 Å². The van der Waals surface area contributed by atoms with Crippen molar-refractivity contribution in [2.45, 2.75) is 13.5 Å². The first-order valence-corrected chi connectivity index (χ1v) is 8.30. The predicted octanol–water partition coefficient (Wildman–Crippen LogP) is 3.18. The zero-order valence-electron chi connectivity index (χ0n) is 12.7. The predicted molar refractivity (Wildman–Crippen MR) is 89.2 cm³/mol. The van der Waals surface area contributed by atoms with Gasteiger partial charge in [-0.15, -0.1) is 11.3 Å². The van der Waals surface area contributed by atoms with E-state index in [1.54, 1.807) is 30.5 Å². The minimum absolute atomic E-state index is 0.131. The molecule has 3 heterocycles. The number of carbonyl (C=O) groups excluding carboxylic acids is 1. The molecular weight excluding hydrogens is 352 g/mol. The Balaban J connectivity index is 1.62. The quantitative estimate of drug-likeness (QED) is 0.722. The van der Waals surface area contributed by atoms with Crippen LogP contribution in [0.3, 0.4) is 0 Å². The van der Waals surface area contributed by atoms with Gasteiger partial charge in [0, 0.05) is 17.8 Å². The maximum Gasteiger partial charge on any atom is 0.261 e. The van der Waals surface area contributed by atoms with Crippen LogP contribution in [0.4, 0.5) is 0 Å². The van der Waals surface area contributed by atoms with Gasteiger partial charge in [0.15, 0.2) is 0 Å². The highest BCUT2D eigenvalue weighted by atomic mass is 35.5. The number of carbonyl (C=O) groups is 1. The second-order valence-electron chi connectivity index (χ2n) is 4.62. The van der Waals surface area contributed by atoms with Crippen molar-refractivity contribution in [1.82, 2.24) is 20.4 Å². The first-order valence-electron chi connectivity index (χ1n) is 7.11. The van der Waals surface area contributed by atoms with Gasteiger partial charge < -0.3 is 14.6 Å². The molecule has 0 aromatic carbocycles. The summed E-state index contributed by atoms with van der Waals surface area (Å²) >= 11 is 7.01. The Bertz CT molecular complexity index is 831. The lowest BCUT2D eigenvalue weighted by atomic mass is 10.3. The molecule has 124 valence electrons. The van der Waals surface area contributed by atoms with Gasteiger partial charge in [-0.05, 0) is 25.1 Å². The third kappa shape index (κ3) is 3.90. The molecule has 9 heteroatoms. The molecule has 0 fully saturated rings. The number of hydrogen-bond donors (Lipinski definition) is 1. The van der Waals surface area contributed by atoms with Gasteiger partial charge >= 0.3 is 0 Å². The van der Waals surface area contributed by atoms with Crippen LogP contribution in [0, 0.1) is 0 Å². The van der Waals surface area contributed by atoms with Crippen molar-refractivity contribution in [2.24, 2.45) is 0 Å². The van der Waals surface area contributed by atoms with E-state index < -0.39 is 0 Å². The smallest absolute Gasteiger partial charge is 0.261 e. The third-order valence-corrected chi connectivity index (χ3v) is 4.18. The number of thiophene rings is 1. The van der Waals surface area contributed by atoms with Crippen LogP contribution in [-0.4, -0.2) is 27.6 Å². The largest absolute Gasteiger partial charge is 0.478 e. The van der Waals surface area contributed by atoms with E-state index in [0.29, 0.717) is 39.0 Å². The minimum atomic E-state index is -0.241. The molecule has 0 aliphatic carbocycles. The summed E-state index contributed by atoms with van der Waals surface area (Å²) in [4.78, 5) is 20.8. The molecule has 24 heavy (non-hydrogen) atoms. The topological polar surface area (TPSA) is 90.1 Å². The lowest BCUT2D eigenvalue weighted by Crippen LogP contribution is -2.21. The van der Waals surface area contributed by atoms with Crippen LogP contribution in [0.5, 0.6) is 5.88 Å². The normalized spacial score (nSPS) is 10.6.